The molecule has 1 fully saturated rings. The number of nitro benzene ring substituents is 1. The third-order valence-electron chi connectivity index (χ3n) is 3.30. The lowest BCUT2D eigenvalue weighted by Gasteiger charge is -2.34. The summed E-state index contributed by atoms with van der Waals surface area (Å²) in [5.74, 6) is 0. The van der Waals surface area contributed by atoms with Crippen molar-refractivity contribution in [2.45, 2.75) is 13.0 Å². The maximum absolute atomic E-state index is 11.2. The minimum absolute atomic E-state index is 0.0676. The molecule has 1 aliphatic heterocycles. The van der Waals surface area contributed by atoms with Gasteiger partial charge in [0.1, 0.15) is 5.69 Å². The number of aryl methyl sites for hydroxylation is 1. The van der Waals surface area contributed by atoms with Gasteiger partial charge in [0.05, 0.1) is 17.6 Å². The molecular weight excluding hydrogens is 246 g/mol. The zero-order valence-corrected chi connectivity index (χ0v) is 11.3. The number of nitro groups is 1. The van der Waals surface area contributed by atoms with Crippen LogP contribution in [-0.2, 0) is 4.74 Å². The normalized spacial score (nSPS) is 19.5. The standard InChI is InChI=1S/C13H19N3O3/c1-10-4-3-5-12(16(17)18)13(10)15-6-7-19-11(9-15)8-14-2/h3-5,11,14H,6-9H2,1-2H3. The summed E-state index contributed by atoms with van der Waals surface area (Å²) in [6, 6.07) is 5.19. The summed E-state index contributed by atoms with van der Waals surface area (Å²) in [4.78, 5) is 12.9. The van der Waals surface area contributed by atoms with Crippen molar-refractivity contribution in [3.05, 3.63) is 33.9 Å². The van der Waals surface area contributed by atoms with Gasteiger partial charge >= 0.3 is 0 Å². The molecule has 1 aliphatic rings. The molecule has 1 N–H and O–H groups in total. The molecule has 0 bridgehead atoms. The minimum Gasteiger partial charge on any atom is -0.373 e. The number of morpholine rings is 1. The zero-order valence-electron chi connectivity index (χ0n) is 11.3. The van der Waals surface area contributed by atoms with Gasteiger partial charge in [0.25, 0.3) is 5.69 Å². The molecule has 0 aromatic heterocycles. The van der Waals surface area contributed by atoms with Gasteiger partial charge in [-0.25, -0.2) is 0 Å². The highest BCUT2D eigenvalue weighted by Gasteiger charge is 2.26. The van der Waals surface area contributed by atoms with E-state index in [-0.39, 0.29) is 16.7 Å². The second-order valence-electron chi connectivity index (χ2n) is 4.70. The Bertz CT molecular complexity index is 462. The predicted octanol–water partition coefficient (Wildman–Crippen LogP) is 1.33. The zero-order chi connectivity index (χ0) is 13.8. The Kier molecular flexibility index (Phi) is 4.34. The van der Waals surface area contributed by atoms with E-state index in [1.54, 1.807) is 12.1 Å². The average molecular weight is 265 g/mol. The number of anilines is 1. The smallest absolute Gasteiger partial charge is 0.292 e. The van der Waals surface area contributed by atoms with E-state index in [1.807, 2.05) is 20.0 Å². The van der Waals surface area contributed by atoms with E-state index in [2.05, 4.69) is 10.2 Å². The van der Waals surface area contributed by atoms with Crippen molar-refractivity contribution in [3.63, 3.8) is 0 Å². The molecule has 6 nitrogen and oxygen atoms in total. The predicted molar refractivity (Wildman–Crippen MR) is 73.7 cm³/mol. The number of nitrogens with zero attached hydrogens (tertiary/aromatic N) is 2. The lowest BCUT2D eigenvalue weighted by molar-refractivity contribution is -0.384. The molecule has 1 atom stereocenters. The molecule has 6 heteroatoms. The van der Waals surface area contributed by atoms with Gasteiger partial charge in [-0.05, 0) is 19.5 Å². The second-order valence-corrected chi connectivity index (χ2v) is 4.70. The van der Waals surface area contributed by atoms with Crippen LogP contribution in [0.3, 0.4) is 0 Å². The second kappa shape index (κ2) is 5.99. The van der Waals surface area contributed by atoms with Crippen LogP contribution in [0.2, 0.25) is 0 Å². The summed E-state index contributed by atoms with van der Waals surface area (Å²) in [6.07, 6.45) is 0.0676. The van der Waals surface area contributed by atoms with Crippen molar-refractivity contribution >= 4 is 11.4 Å². The van der Waals surface area contributed by atoms with Crippen LogP contribution in [0.15, 0.2) is 18.2 Å². The molecule has 0 saturated carbocycles. The fourth-order valence-electron chi connectivity index (χ4n) is 2.48. The Morgan fingerprint density at radius 1 is 1.58 bits per heavy atom. The van der Waals surface area contributed by atoms with Crippen molar-refractivity contribution < 1.29 is 9.66 Å². The van der Waals surface area contributed by atoms with Crippen LogP contribution in [0.1, 0.15) is 5.56 Å². The Labute approximate surface area is 112 Å². The van der Waals surface area contributed by atoms with Crippen LogP contribution in [0.5, 0.6) is 0 Å². The van der Waals surface area contributed by atoms with E-state index in [0.29, 0.717) is 19.7 Å². The third-order valence-corrected chi connectivity index (χ3v) is 3.30. The van der Waals surface area contributed by atoms with E-state index in [9.17, 15) is 10.1 Å². The van der Waals surface area contributed by atoms with Crippen LogP contribution in [0.25, 0.3) is 0 Å². The molecule has 104 valence electrons. The molecule has 1 aromatic rings. The number of nitrogens with one attached hydrogen (secondary N) is 1. The molecule has 1 aromatic carbocycles. The quantitative estimate of drug-likeness (QED) is 0.657. The van der Waals surface area contributed by atoms with Crippen molar-refractivity contribution in [2.24, 2.45) is 0 Å². The van der Waals surface area contributed by atoms with Gasteiger partial charge in [-0.15, -0.1) is 0 Å². The number of ether oxygens (including phenoxy) is 1. The number of para-hydroxylation sites is 1. The van der Waals surface area contributed by atoms with Crippen LogP contribution in [-0.4, -0.2) is 44.3 Å². The Hall–Kier alpha value is -1.66. The van der Waals surface area contributed by atoms with Crippen LogP contribution in [0, 0.1) is 17.0 Å². The van der Waals surface area contributed by atoms with Crippen molar-refractivity contribution in [1.29, 1.82) is 0 Å². The summed E-state index contributed by atoms with van der Waals surface area (Å²) < 4.78 is 5.64. The Balaban J connectivity index is 2.28. The summed E-state index contributed by atoms with van der Waals surface area (Å²) in [5, 5.41) is 14.2. The molecule has 1 heterocycles. The number of rotatable bonds is 4. The molecule has 0 amide bonds. The molecular formula is C13H19N3O3. The van der Waals surface area contributed by atoms with Crippen LogP contribution in [0.4, 0.5) is 11.4 Å². The first-order chi connectivity index (χ1) is 9.13. The maximum Gasteiger partial charge on any atom is 0.292 e. The summed E-state index contributed by atoms with van der Waals surface area (Å²) in [5.41, 5.74) is 1.82. The van der Waals surface area contributed by atoms with E-state index < -0.39 is 0 Å². The minimum atomic E-state index is -0.315. The lowest BCUT2D eigenvalue weighted by atomic mass is 10.1. The number of hydrogen-bond donors (Lipinski definition) is 1. The van der Waals surface area contributed by atoms with E-state index in [1.165, 1.54) is 0 Å². The summed E-state index contributed by atoms with van der Waals surface area (Å²) in [7, 11) is 1.87. The highest BCUT2D eigenvalue weighted by Crippen LogP contribution is 2.32. The fraction of sp³-hybridized carbons (Fsp3) is 0.538. The Morgan fingerprint density at radius 3 is 3.05 bits per heavy atom. The number of hydrogen-bond acceptors (Lipinski definition) is 5. The highest BCUT2D eigenvalue weighted by atomic mass is 16.6. The van der Waals surface area contributed by atoms with Gasteiger partial charge in [-0.3, -0.25) is 10.1 Å². The molecule has 2 rings (SSSR count). The van der Waals surface area contributed by atoms with Gasteiger partial charge < -0.3 is 15.0 Å². The molecule has 19 heavy (non-hydrogen) atoms. The maximum atomic E-state index is 11.2. The highest BCUT2D eigenvalue weighted by molar-refractivity contribution is 5.67. The summed E-state index contributed by atoms with van der Waals surface area (Å²) >= 11 is 0. The van der Waals surface area contributed by atoms with Crippen molar-refractivity contribution in [2.75, 3.05) is 38.2 Å². The van der Waals surface area contributed by atoms with Gasteiger partial charge in [0.15, 0.2) is 0 Å². The molecule has 0 radical (unpaired) electrons. The van der Waals surface area contributed by atoms with E-state index in [4.69, 9.17) is 4.74 Å². The van der Waals surface area contributed by atoms with Crippen molar-refractivity contribution in [1.82, 2.24) is 5.32 Å². The number of benzene rings is 1. The first-order valence-corrected chi connectivity index (χ1v) is 6.38. The lowest BCUT2D eigenvalue weighted by Crippen LogP contribution is -2.46. The average Bonchev–Trinajstić information content (AvgIpc) is 2.39. The summed E-state index contributed by atoms with van der Waals surface area (Å²) in [6.45, 7) is 4.61. The van der Waals surface area contributed by atoms with Crippen LogP contribution < -0.4 is 10.2 Å². The molecule has 1 saturated heterocycles. The molecule has 1 unspecified atom stereocenters. The largest absolute Gasteiger partial charge is 0.373 e. The monoisotopic (exact) mass is 265 g/mol. The third kappa shape index (κ3) is 3.02. The SMILES string of the molecule is CNCC1CN(c2c(C)cccc2[N+](=O)[O-])CCO1. The van der Waals surface area contributed by atoms with E-state index in [0.717, 1.165) is 17.8 Å². The topological polar surface area (TPSA) is 67.6 Å². The number of likely N-dealkylation sites (N-methyl/N-ethyl adjacent to an activating group) is 1. The van der Waals surface area contributed by atoms with Gasteiger partial charge in [-0.1, -0.05) is 12.1 Å². The van der Waals surface area contributed by atoms with Gasteiger partial charge in [-0.2, -0.15) is 0 Å². The first-order valence-electron chi connectivity index (χ1n) is 6.38. The van der Waals surface area contributed by atoms with E-state index >= 15 is 0 Å². The molecule has 0 spiro atoms. The molecule has 0 aliphatic carbocycles. The Morgan fingerprint density at radius 2 is 2.37 bits per heavy atom. The van der Waals surface area contributed by atoms with Crippen molar-refractivity contribution in [3.8, 4) is 0 Å². The van der Waals surface area contributed by atoms with Gasteiger partial charge in [0, 0.05) is 25.7 Å². The first kappa shape index (κ1) is 13.8. The van der Waals surface area contributed by atoms with Gasteiger partial charge in [0.2, 0.25) is 0 Å². The van der Waals surface area contributed by atoms with Crippen LogP contribution >= 0.6 is 0 Å². The fourth-order valence-corrected chi connectivity index (χ4v) is 2.48.